The van der Waals surface area contributed by atoms with E-state index in [0.29, 0.717) is 18.7 Å². The third-order valence-electron chi connectivity index (χ3n) is 8.66. The van der Waals surface area contributed by atoms with Crippen molar-refractivity contribution < 1.29 is 34.0 Å². The minimum absolute atomic E-state index is 0.0188. The molecule has 1 aliphatic carbocycles. The molecule has 206 valence electrons. The molecule has 4 rings (SSSR count). The molecule has 8 nitrogen and oxygen atoms in total. The fourth-order valence-electron chi connectivity index (χ4n) is 6.31. The van der Waals surface area contributed by atoms with Crippen molar-refractivity contribution in [1.82, 2.24) is 4.98 Å². The first-order valence-corrected chi connectivity index (χ1v) is 13.5. The molecule has 0 unspecified atom stereocenters. The van der Waals surface area contributed by atoms with Gasteiger partial charge in [0.25, 0.3) is 0 Å². The van der Waals surface area contributed by atoms with Crippen LogP contribution in [0, 0.1) is 23.7 Å². The molecule has 0 aromatic carbocycles. The van der Waals surface area contributed by atoms with E-state index in [1.807, 2.05) is 6.92 Å². The predicted molar refractivity (Wildman–Crippen MR) is 139 cm³/mol. The van der Waals surface area contributed by atoms with Crippen LogP contribution in [0.25, 0.3) is 0 Å². The lowest BCUT2D eigenvalue weighted by Crippen LogP contribution is -2.46. The van der Waals surface area contributed by atoms with Crippen molar-refractivity contribution in [3.8, 4) is 0 Å². The van der Waals surface area contributed by atoms with Gasteiger partial charge >= 0.3 is 5.97 Å². The molecule has 3 heterocycles. The highest BCUT2D eigenvalue weighted by molar-refractivity contribution is 5.87. The number of aliphatic hydroxyl groups is 2. The molecular formula is C29H43NO7. The van der Waals surface area contributed by atoms with Gasteiger partial charge in [-0.25, -0.2) is 4.79 Å². The number of ether oxygens (including phenoxy) is 4. The Morgan fingerprint density at radius 1 is 1.22 bits per heavy atom. The fraction of sp³-hybridized carbons (Fsp3) is 0.690. The lowest BCUT2D eigenvalue weighted by Gasteiger charge is -2.42. The number of aliphatic hydroxyl groups excluding tert-OH is 2. The highest BCUT2D eigenvalue weighted by atomic mass is 16.6. The van der Waals surface area contributed by atoms with Crippen molar-refractivity contribution in [3.05, 3.63) is 47.8 Å². The molecule has 37 heavy (non-hydrogen) atoms. The Bertz CT molecular complexity index is 971. The van der Waals surface area contributed by atoms with Crippen LogP contribution in [-0.2, 0) is 18.9 Å². The zero-order valence-corrected chi connectivity index (χ0v) is 22.8. The van der Waals surface area contributed by atoms with E-state index in [1.54, 1.807) is 39.3 Å². The van der Waals surface area contributed by atoms with Crippen LogP contribution in [0.3, 0.4) is 0 Å². The highest BCUT2D eigenvalue weighted by Crippen LogP contribution is 2.53. The number of nitrogens with one attached hydrogen (secondary N) is 1. The van der Waals surface area contributed by atoms with Crippen molar-refractivity contribution in [1.29, 1.82) is 0 Å². The molecule has 1 spiro atoms. The second-order valence-corrected chi connectivity index (χ2v) is 11.2. The van der Waals surface area contributed by atoms with E-state index in [4.69, 9.17) is 18.9 Å². The van der Waals surface area contributed by atoms with E-state index in [1.165, 1.54) is 0 Å². The van der Waals surface area contributed by atoms with Gasteiger partial charge in [-0.05, 0) is 51.3 Å². The van der Waals surface area contributed by atoms with Crippen LogP contribution in [0.1, 0.15) is 57.9 Å². The maximum absolute atomic E-state index is 13.0. The van der Waals surface area contributed by atoms with Gasteiger partial charge in [0.2, 0.25) is 0 Å². The van der Waals surface area contributed by atoms with Gasteiger partial charge in [-0.2, -0.15) is 0 Å². The summed E-state index contributed by atoms with van der Waals surface area (Å²) in [5, 5.41) is 20.9. The average molecular weight is 518 g/mol. The van der Waals surface area contributed by atoms with Gasteiger partial charge in [0.15, 0.2) is 0 Å². The standard InChI is InChI=1S/C29H43NO7/c1-16-12-17(2)29-14-21(9-10-22(29)13-23(34-6)15-35-25(16)20(5)32)27(37-29)26(18(3)19(4)31)36-28(33)24-8-7-11-30-24/h7-12,16,18-23,25-27,30-32H,13-15H2,1-6H3/b17-12+/t16-,18-,19+,20-,21-,22-,23+,25+,26-,27-,29+/m1/s1. The molecule has 2 bridgehead atoms. The Kier molecular flexibility index (Phi) is 8.65. The number of H-pyrrole nitrogens is 1. The first-order chi connectivity index (χ1) is 17.6. The smallest absolute Gasteiger partial charge is 0.355 e. The molecule has 11 atom stereocenters. The first kappa shape index (κ1) is 28.0. The molecule has 8 heteroatoms. The van der Waals surface area contributed by atoms with Crippen LogP contribution >= 0.6 is 0 Å². The Balaban J connectivity index is 1.70. The quantitative estimate of drug-likeness (QED) is 0.374. The van der Waals surface area contributed by atoms with E-state index in [0.717, 1.165) is 12.0 Å². The lowest BCUT2D eigenvalue weighted by atomic mass is 9.69. The number of aromatic amines is 1. The van der Waals surface area contributed by atoms with Gasteiger partial charge in [-0.3, -0.25) is 0 Å². The number of carbonyl (C=O) groups is 1. The Labute approximate surface area is 220 Å². The summed E-state index contributed by atoms with van der Waals surface area (Å²) in [6.07, 6.45) is 6.76. The normalized spacial score (nSPS) is 38.5. The Hall–Kier alpha value is -1.97. The minimum atomic E-state index is -0.690. The summed E-state index contributed by atoms with van der Waals surface area (Å²) in [6, 6.07) is 3.43. The van der Waals surface area contributed by atoms with Crippen LogP contribution in [0.15, 0.2) is 42.1 Å². The summed E-state index contributed by atoms with van der Waals surface area (Å²) in [6.45, 7) is 9.88. The van der Waals surface area contributed by atoms with Crippen LogP contribution < -0.4 is 0 Å². The van der Waals surface area contributed by atoms with Gasteiger partial charge in [-0.1, -0.05) is 32.1 Å². The van der Waals surface area contributed by atoms with Gasteiger partial charge in [0, 0.05) is 37.0 Å². The van der Waals surface area contributed by atoms with Gasteiger partial charge in [0.1, 0.15) is 17.9 Å². The number of hydrogen-bond donors (Lipinski definition) is 3. The molecule has 1 fully saturated rings. The molecule has 1 saturated heterocycles. The third-order valence-corrected chi connectivity index (χ3v) is 8.66. The summed E-state index contributed by atoms with van der Waals surface area (Å²) >= 11 is 0. The molecular weight excluding hydrogens is 474 g/mol. The maximum Gasteiger partial charge on any atom is 0.355 e. The van der Waals surface area contributed by atoms with E-state index in [9.17, 15) is 15.0 Å². The van der Waals surface area contributed by atoms with Crippen molar-refractivity contribution in [3.63, 3.8) is 0 Å². The average Bonchev–Trinajstić information content (AvgIpc) is 3.49. The van der Waals surface area contributed by atoms with E-state index in [-0.39, 0.29) is 35.9 Å². The molecule has 0 saturated carbocycles. The van der Waals surface area contributed by atoms with Gasteiger partial charge in [0.05, 0.1) is 36.6 Å². The highest BCUT2D eigenvalue weighted by Gasteiger charge is 2.57. The number of rotatable bonds is 7. The summed E-state index contributed by atoms with van der Waals surface area (Å²) < 4.78 is 25.0. The number of aromatic nitrogens is 1. The number of fused-ring (bicyclic) bond motifs is 1. The zero-order chi connectivity index (χ0) is 26.9. The van der Waals surface area contributed by atoms with Crippen molar-refractivity contribution in [2.75, 3.05) is 13.7 Å². The number of esters is 1. The van der Waals surface area contributed by atoms with Crippen LogP contribution in [0.5, 0.6) is 0 Å². The number of carbonyl (C=O) groups excluding carboxylic acids is 1. The van der Waals surface area contributed by atoms with Gasteiger partial charge in [-0.15, -0.1) is 0 Å². The monoisotopic (exact) mass is 517 g/mol. The molecule has 3 aliphatic rings. The topological polar surface area (TPSA) is 110 Å². The molecule has 1 aromatic rings. The SMILES string of the molecule is CO[C@@H]1CO[C@H]([C@@H](C)O)[C@H](C)/C=C(\C)[C@@]23C[C@@H](C=C[C@@H]2C1)[C@H]([C@H](OC(=O)c1ccc[nH]1)[C@H](C)[C@H](C)O)O3. The van der Waals surface area contributed by atoms with Crippen LogP contribution in [0.4, 0.5) is 0 Å². The molecule has 1 aromatic heterocycles. The largest absolute Gasteiger partial charge is 0.455 e. The lowest BCUT2D eigenvalue weighted by molar-refractivity contribution is -0.130. The van der Waals surface area contributed by atoms with Crippen molar-refractivity contribution in [2.45, 2.75) is 89.7 Å². The number of hydrogen-bond acceptors (Lipinski definition) is 7. The maximum atomic E-state index is 13.0. The minimum Gasteiger partial charge on any atom is -0.455 e. The van der Waals surface area contributed by atoms with E-state index < -0.39 is 36.0 Å². The second kappa shape index (κ2) is 11.4. The van der Waals surface area contributed by atoms with E-state index in [2.05, 4.69) is 37.1 Å². The zero-order valence-electron chi connectivity index (χ0n) is 22.8. The van der Waals surface area contributed by atoms with Crippen molar-refractivity contribution >= 4 is 5.97 Å². The number of methoxy groups -OCH3 is 1. The molecule has 2 aliphatic heterocycles. The van der Waals surface area contributed by atoms with Crippen LogP contribution in [-0.4, -0.2) is 77.1 Å². The van der Waals surface area contributed by atoms with Gasteiger partial charge < -0.3 is 34.1 Å². The Morgan fingerprint density at radius 3 is 2.59 bits per heavy atom. The van der Waals surface area contributed by atoms with Crippen LogP contribution in [0.2, 0.25) is 0 Å². The first-order valence-electron chi connectivity index (χ1n) is 13.5. The summed E-state index contributed by atoms with van der Waals surface area (Å²) in [5.41, 5.74) is 0.837. The third kappa shape index (κ3) is 5.59. The van der Waals surface area contributed by atoms with Crippen molar-refractivity contribution in [2.24, 2.45) is 23.7 Å². The molecule has 0 amide bonds. The second-order valence-electron chi connectivity index (χ2n) is 11.2. The predicted octanol–water partition coefficient (Wildman–Crippen LogP) is 3.65. The summed E-state index contributed by atoms with van der Waals surface area (Å²) in [7, 11) is 1.68. The summed E-state index contributed by atoms with van der Waals surface area (Å²) in [4.78, 5) is 15.9. The fourth-order valence-corrected chi connectivity index (χ4v) is 6.31. The Morgan fingerprint density at radius 2 is 1.97 bits per heavy atom. The molecule has 3 N–H and O–H groups in total. The van der Waals surface area contributed by atoms with E-state index >= 15 is 0 Å². The molecule has 0 radical (unpaired) electrons. The summed E-state index contributed by atoms with van der Waals surface area (Å²) in [5.74, 6) is -0.793.